The molecular weight excluding hydrogens is 278 g/mol. The van der Waals surface area contributed by atoms with E-state index in [1.54, 1.807) is 20.4 Å². The number of anilines is 1. The Bertz CT molecular complexity index is 578. The quantitative estimate of drug-likeness (QED) is 0.887. The Morgan fingerprint density at radius 3 is 2.80 bits per heavy atom. The van der Waals surface area contributed by atoms with Gasteiger partial charge in [-0.3, -0.25) is 0 Å². The van der Waals surface area contributed by atoms with E-state index < -0.39 is 0 Å². The summed E-state index contributed by atoms with van der Waals surface area (Å²) in [5.41, 5.74) is 1.06. The number of benzene rings is 1. The Labute approximate surface area is 122 Å². The second-order valence-corrected chi connectivity index (χ2v) is 4.48. The van der Waals surface area contributed by atoms with Crippen molar-refractivity contribution < 1.29 is 9.47 Å². The van der Waals surface area contributed by atoms with Crippen molar-refractivity contribution in [2.75, 3.05) is 26.1 Å². The zero-order valence-corrected chi connectivity index (χ0v) is 12.1. The zero-order chi connectivity index (χ0) is 14.4. The maximum atomic E-state index is 5.98. The molecule has 1 heterocycles. The van der Waals surface area contributed by atoms with Crippen molar-refractivity contribution >= 4 is 17.4 Å². The van der Waals surface area contributed by atoms with Gasteiger partial charge in [0.1, 0.15) is 28.7 Å². The van der Waals surface area contributed by atoms with E-state index >= 15 is 0 Å². The largest absolute Gasteiger partial charge is 0.497 e. The number of nitrogens with one attached hydrogen (secondary N) is 1. The fourth-order valence-corrected chi connectivity index (χ4v) is 2.01. The van der Waals surface area contributed by atoms with Gasteiger partial charge < -0.3 is 14.8 Å². The highest BCUT2D eigenvalue weighted by molar-refractivity contribution is 6.32. The molecule has 0 saturated carbocycles. The van der Waals surface area contributed by atoms with Crippen LogP contribution in [0.2, 0.25) is 5.02 Å². The second kappa shape index (κ2) is 6.96. The van der Waals surface area contributed by atoms with Crippen molar-refractivity contribution in [2.24, 2.45) is 0 Å². The lowest BCUT2D eigenvalue weighted by atomic mass is 10.1. The van der Waals surface area contributed by atoms with E-state index in [4.69, 9.17) is 21.1 Å². The van der Waals surface area contributed by atoms with Crippen molar-refractivity contribution in [1.82, 2.24) is 9.97 Å². The molecule has 6 heteroatoms. The number of nitrogens with zero attached hydrogens (tertiary/aromatic N) is 2. The standard InChI is InChI=1S/C14H16ClN3O2/c1-19-11-3-4-13(20-2)10(7-11)5-6-17-14-12(15)8-16-9-18-14/h3-4,7-9H,5-6H2,1-2H3,(H,16,17,18). The molecule has 0 unspecified atom stereocenters. The van der Waals surface area contributed by atoms with Crippen molar-refractivity contribution in [1.29, 1.82) is 0 Å². The van der Waals surface area contributed by atoms with Crippen LogP contribution in [0.4, 0.5) is 5.82 Å². The van der Waals surface area contributed by atoms with Crippen LogP contribution in [0, 0.1) is 0 Å². The first kappa shape index (κ1) is 14.4. The average Bonchev–Trinajstić information content (AvgIpc) is 2.49. The molecule has 0 aliphatic heterocycles. The van der Waals surface area contributed by atoms with Crippen molar-refractivity contribution in [3.63, 3.8) is 0 Å². The maximum Gasteiger partial charge on any atom is 0.148 e. The summed E-state index contributed by atoms with van der Waals surface area (Å²) in [5.74, 6) is 2.27. The molecule has 2 rings (SSSR count). The molecule has 106 valence electrons. The Morgan fingerprint density at radius 1 is 1.25 bits per heavy atom. The highest BCUT2D eigenvalue weighted by Gasteiger charge is 2.06. The molecule has 20 heavy (non-hydrogen) atoms. The first-order chi connectivity index (χ1) is 9.74. The highest BCUT2D eigenvalue weighted by atomic mass is 35.5. The molecule has 0 bridgehead atoms. The first-order valence-electron chi connectivity index (χ1n) is 6.15. The van der Waals surface area contributed by atoms with E-state index in [0.717, 1.165) is 23.5 Å². The topological polar surface area (TPSA) is 56.3 Å². The second-order valence-electron chi connectivity index (χ2n) is 4.07. The van der Waals surface area contributed by atoms with Gasteiger partial charge in [-0.1, -0.05) is 11.6 Å². The third kappa shape index (κ3) is 3.51. The highest BCUT2D eigenvalue weighted by Crippen LogP contribution is 2.24. The minimum absolute atomic E-state index is 0.505. The molecule has 0 fully saturated rings. The van der Waals surface area contributed by atoms with E-state index in [-0.39, 0.29) is 0 Å². The Balaban J connectivity index is 2.02. The van der Waals surface area contributed by atoms with Crippen LogP contribution in [0.5, 0.6) is 11.5 Å². The third-order valence-corrected chi connectivity index (χ3v) is 3.12. The number of methoxy groups -OCH3 is 2. The van der Waals surface area contributed by atoms with Gasteiger partial charge in [0.15, 0.2) is 0 Å². The fraction of sp³-hybridized carbons (Fsp3) is 0.286. The van der Waals surface area contributed by atoms with Crippen LogP contribution < -0.4 is 14.8 Å². The molecule has 1 N–H and O–H groups in total. The molecule has 0 saturated heterocycles. The number of hydrogen-bond donors (Lipinski definition) is 1. The Morgan fingerprint density at radius 2 is 2.10 bits per heavy atom. The molecule has 0 aliphatic carbocycles. The summed E-state index contributed by atoms with van der Waals surface area (Å²) in [5, 5.41) is 3.68. The molecule has 5 nitrogen and oxygen atoms in total. The number of ether oxygens (including phenoxy) is 2. The van der Waals surface area contributed by atoms with Crippen LogP contribution in [0.3, 0.4) is 0 Å². The number of hydrogen-bond acceptors (Lipinski definition) is 5. The summed E-state index contributed by atoms with van der Waals surface area (Å²) in [4.78, 5) is 7.92. The summed E-state index contributed by atoms with van der Waals surface area (Å²) in [7, 11) is 3.30. The van der Waals surface area contributed by atoms with Gasteiger partial charge in [0, 0.05) is 6.54 Å². The van der Waals surface area contributed by atoms with E-state index in [1.165, 1.54) is 6.33 Å². The van der Waals surface area contributed by atoms with Gasteiger partial charge in [0.05, 0.1) is 20.4 Å². The van der Waals surface area contributed by atoms with Gasteiger partial charge in [-0.15, -0.1) is 0 Å². The number of aromatic nitrogens is 2. The van der Waals surface area contributed by atoms with Crippen LogP contribution in [0.1, 0.15) is 5.56 Å². The van der Waals surface area contributed by atoms with E-state index in [1.807, 2.05) is 18.2 Å². The molecule has 0 atom stereocenters. The monoisotopic (exact) mass is 293 g/mol. The summed E-state index contributed by atoms with van der Waals surface area (Å²) < 4.78 is 10.6. The molecular formula is C14H16ClN3O2. The van der Waals surface area contributed by atoms with Gasteiger partial charge in [-0.05, 0) is 30.2 Å². The molecule has 1 aromatic heterocycles. The minimum Gasteiger partial charge on any atom is -0.497 e. The SMILES string of the molecule is COc1ccc(OC)c(CCNc2ncncc2Cl)c1. The van der Waals surface area contributed by atoms with E-state index in [2.05, 4.69) is 15.3 Å². The normalized spacial score (nSPS) is 10.2. The van der Waals surface area contributed by atoms with Gasteiger partial charge in [0.25, 0.3) is 0 Å². The molecule has 0 radical (unpaired) electrons. The lowest BCUT2D eigenvalue weighted by Gasteiger charge is -2.11. The fourth-order valence-electron chi connectivity index (χ4n) is 1.84. The van der Waals surface area contributed by atoms with Crippen molar-refractivity contribution in [3.8, 4) is 11.5 Å². The third-order valence-electron chi connectivity index (χ3n) is 2.84. The lowest BCUT2D eigenvalue weighted by Crippen LogP contribution is -2.08. The predicted octanol–water partition coefficient (Wildman–Crippen LogP) is 2.80. The van der Waals surface area contributed by atoms with Gasteiger partial charge in [-0.2, -0.15) is 0 Å². The lowest BCUT2D eigenvalue weighted by molar-refractivity contribution is 0.399. The van der Waals surface area contributed by atoms with Crippen LogP contribution >= 0.6 is 11.6 Å². The molecule has 1 aromatic carbocycles. The van der Waals surface area contributed by atoms with Gasteiger partial charge in [-0.25, -0.2) is 9.97 Å². The summed E-state index contributed by atoms with van der Waals surface area (Å²) in [6, 6.07) is 5.73. The average molecular weight is 294 g/mol. The van der Waals surface area contributed by atoms with E-state index in [0.29, 0.717) is 17.4 Å². The van der Waals surface area contributed by atoms with E-state index in [9.17, 15) is 0 Å². The molecule has 0 spiro atoms. The number of rotatable bonds is 6. The number of halogens is 1. The zero-order valence-electron chi connectivity index (χ0n) is 11.4. The summed E-state index contributed by atoms with van der Waals surface area (Å²) >= 11 is 5.98. The molecule has 0 aliphatic rings. The molecule has 2 aromatic rings. The van der Waals surface area contributed by atoms with Gasteiger partial charge in [0.2, 0.25) is 0 Å². The molecule has 0 amide bonds. The first-order valence-corrected chi connectivity index (χ1v) is 6.52. The van der Waals surface area contributed by atoms with Crippen LogP contribution in [0.15, 0.2) is 30.7 Å². The summed E-state index contributed by atoms with van der Waals surface area (Å²) in [6.45, 7) is 0.681. The van der Waals surface area contributed by atoms with Crippen LogP contribution in [-0.4, -0.2) is 30.7 Å². The van der Waals surface area contributed by atoms with Crippen LogP contribution in [0.25, 0.3) is 0 Å². The Kier molecular flexibility index (Phi) is 5.01. The predicted molar refractivity (Wildman–Crippen MR) is 78.8 cm³/mol. The van der Waals surface area contributed by atoms with Gasteiger partial charge >= 0.3 is 0 Å². The van der Waals surface area contributed by atoms with Crippen molar-refractivity contribution in [3.05, 3.63) is 41.3 Å². The van der Waals surface area contributed by atoms with Crippen molar-refractivity contribution in [2.45, 2.75) is 6.42 Å². The minimum atomic E-state index is 0.505. The maximum absolute atomic E-state index is 5.98. The summed E-state index contributed by atoms with van der Waals surface area (Å²) in [6.07, 6.45) is 3.78. The van der Waals surface area contributed by atoms with Crippen LogP contribution in [-0.2, 0) is 6.42 Å². The Hall–Kier alpha value is -2.01. The smallest absolute Gasteiger partial charge is 0.148 e.